The number of likely N-dealkylation sites (tertiary alicyclic amines) is 4. The second-order valence-corrected chi connectivity index (χ2v) is 39.5. The highest BCUT2D eigenvalue weighted by molar-refractivity contribution is 6.32. The molecular weight excluding hydrogens is 1870 g/mol. The van der Waals surface area contributed by atoms with Gasteiger partial charge in [0.15, 0.2) is 17.3 Å². The molecule has 4 saturated heterocycles. The average molecular weight is 2000 g/mol. The van der Waals surface area contributed by atoms with Gasteiger partial charge in [-0.1, -0.05) is 44.5 Å². The van der Waals surface area contributed by atoms with Crippen molar-refractivity contribution in [2.75, 3.05) is 127 Å². The van der Waals surface area contributed by atoms with Crippen molar-refractivity contribution >= 4 is 52.8 Å². The second-order valence-electron chi connectivity index (χ2n) is 39.1. The van der Waals surface area contributed by atoms with Crippen molar-refractivity contribution in [2.24, 2.45) is 5.41 Å². The maximum Gasteiger partial charge on any atom is 0.456 e. The summed E-state index contributed by atoms with van der Waals surface area (Å²) in [5.41, 5.74) is 2.42. The molecule has 766 valence electrons. The molecule has 2 N–H and O–H groups in total. The first-order chi connectivity index (χ1) is 65.7. The van der Waals surface area contributed by atoms with Gasteiger partial charge in [-0.15, -0.1) is 0 Å². The van der Waals surface area contributed by atoms with E-state index in [2.05, 4.69) is 32.8 Å². The summed E-state index contributed by atoms with van der Waals surface area (Å²) in [7, 11) is 8.90. The number of rotatable bonds is 17. The van der Waals surface area contributed by atoms with Crippen LogP contribution in [0.4, 0.5) is 57.5 Å². The average Bonchev–Trinajstić information content (AvgIpc) is 1.37. The van der Waals surface area contributed by atoms with Crippen LogP contribution in [-0.4, -0.2) is 262 Å². The SMILES string of the molecule is CC(C)Oc1ccc(C(=O)N2CCC3(CC2)NCCn2c(C(F)(F)F)ccc23)cc1Cl.CN1CCn2c(C(=O)C(F)(F)F)ccc2C12CCN(C(=O)c1ccc(C(CO)OCC(F)(F)F)cc1)CC2.COc1cc(C(=O)N2CCC3(CC2)c2ccc(C(=O)C(C)(C)C)n2CCN3C)ccc1OC(C)C.Cc1cc(C(=O)N2CCC3(CC2)c2ccc(C(F)(F)F)n2CCN3C(=O)N(C)C)ccc1OC(C)C.[HH].[HH]. The fraction of sp³-hybridized carbons (Fsp3) is 0.535. The van der Waals surface area contributed by atoms with Crippen molar-refractivity contribution in [1.82, 2.24) is 62.8 Å². The number of aliphatic hydroxyl groups excluding tert-OH is 1. The molecule has 26 nitrogen and oxygen atoms in total. The standard InChI is InChI=1S/C28H39N3O4.C26H33F3N4O3.C25H27F6N3O4.C22H25ClF3N3O2.2H2/c1-19(2)35-22-10-8-20(18-23(22)34-7)26(33)30-14-12-28(13-15-30)24-11-9-21(25(32)27(3,4)5)31(24)17-16-29(28)6;1-17(2)36-20-7-6-19(16-18(20)3)23(34)31-12-10-25(11-13-31)21-8-9-22(26(27,28)29)32(21)14-15-33(25)24(35)30(4)5;1-32-12-13-34-18(21(36)25(29,30)31)6-7-20(34)23(32)8-10-33(11-9-23)22(37)17-4-2-16(3-5-17)19(14-35)38-15-24(26,27)28;1-14(2)31-17-4-3-15(13-16(17)23)20(30)28-10-7-21(8-11-28)18-5-6-19(22(24,25)26)29(18)12-9-27-21;;/h8-11,18-19H,12-17H2,1-7H3;6-9,16-17H,10-15H2,1-5H3;2-7,19,35H,8-15H2,1H3;3-6,13-14,27H,7-12H2,1-2H3;2*1H. The molecule has 8 aliphatic heterocycles. The number of likely N-dealkylation sites (N-methyl/N-ethyl adjacent to an activating group) is 2. The topological polar surface area (TPSA) is 244 Å². The fourth-order valence-electron chi connectivity index (χ4n) is 20.7. The van der Waals surface area contributed by atoms with E-state index in [1.807, 2.05) is 99.4 Å². The molecule has 1 unspecified atom stereocenters. The molecule has 4 aromatic carbocycles. The normalized spacial score (nSPS) is 18.2. The number of urea groups is 1. The number of ketones is 2. The Hall–Kier alpha value is -11.1. The third-order valence-corrected chi connectivity index (χ3v) is 28.2. The highest BCUT2D eigenvalue weighted by atomic mass is 35.5. The Morgan fingerprint density at radius 2 is 0.843 bits per heavy atom. The zero-order chi connectivity index (χ0) is 102. The van der Waals surface area contributed by atoms with Gasteiger partial charge in [0, 0.05) is 172 Å². The summed E-state index contributed by atoms with van der Waals surface area (Å²) < 4.78 is 191. The summed E-state index contributed by atoms with van der Waals surface area (Å²) in [4.78, 5) is 105. The van der Waals surface area contributed by atoms with Gasteiger partial charge < -0.3 is 81.8 Å². The lowest BCUT2D eigenvalue weighted by Crippen LogP contribution is -2.61. The number of ether oxygens (including phenoxy) is 5. The lowest BCUT2D eigenvalue weighted by atomic mass is 9.81. The van der Waals surface area contributed by atoms with Gasteiger partial charge in [-0.3, -0.25) is 38.6 Å². The Kier molecular flexibility index (Phi) is 31.8. The Balaban J connectivity index is 0.000000180. The molecule has 4 aromatic heterocycles. The number of carbonyl (C=O) groups excluding carboxylic acids is 7. The molecule has 0 radical (unpaired) electrons. The molecule has 0 aliphatic carbocycles. The van der Waals surface area contributed by atoms with Crippen LogP contribution >= 0.6 is 11.6 Å². The summed E-state index contributed by atoms with van der Waals surface area (Å²) in [5.74, 6) is 0.171. The smallest absolute Gasteiger partial charge is 0.456 e. The first-order valence-electron chi connectivity index (χ1n) is 47.1. The summed E-state index contributed by atoms with van der Waals surface area (Å²) in [6.07, 6.45) is -15.2. The lowest BCUT2D eigenvalue weighted by Gasteiger charge is -2.52. The van der Waals surface area contributed by atoms with E-state index in [-0.39, 0.29) is 94.0 Å². The van der Waals surface area contributed by atoms with Crippen molar-refractivity contribution in [3.8, 4) is 23.0 Å². The number of Topliss-reactive ketones (excluding diaryl/α,β-unsaturated/α-hetero) is 2. The number of amides is 6. The number of aryl methyl sites for hydroxylation is 1. The van der Waals surface area contributed by atoms with E-state index in [4.69, 9.17) is 35.3 Å². The van der Waals surface area contributed by atoms with Gasteiger partial charge in [0.1, 0.15) is 35.6 Å². The largest absolute Gasteiger partial charge is 0.493 e. The van der Waals surface area contributed by atoms with E-state index in [0.29, 0.717) is 171 Å². The third-order valence-electron chi connectivity index (χ3n) is 27.9. The second kappa shape index (κ2) is 41.9. The predicted molar refractivity (Wildman–Crippen MR) is 504 cm³/mol. The number of hydrogen-bond donors (Lipinski definition) is 2. The number of carbonyl (C=O) groups is 7. The summed E-state index contributed by atoms with van der Waals surface area (Å²) >= 11 is 6.27. The number of aliphatic hydroxyl groups is 1. The zero-order valence-corrected chi connectivity index (χ0v) is 82.2. The molecule has 4 fully saturated rings. The molecule has 12 heterocycles. The van der Waals surface area contributed by atoms with Gasteiger partial charge in [0.05, 0.1) is 70.6 Å². The summed E-state index contributed by atoms with van der Waals surface area (Å²) in [5, 5.41) is 13.2. The van der Waals surface area contributed by atoms with Crippen molar-refractivity contribution < 1.29 is 118 Å². The minimum absolute atomic E-state index is 0. The van der Waals surface area contributed by atoms with Crippen LogP contribution in [-0.2, 0) is 65.4 Å². The molecule has 8 aliphatic rings. The molecule has 0 bridgehead atoms. The van der Waals surface area contributed by atoms with Crippen LogP contribution in [0.25, 0.3) is 0 Å². The number of fused-ring (bicyclic) bond motifs is 8. The van der Waals surface area contributed by atoms with Crippen molar-refractivity contribution in [3.05, 3.63) is 211 Å². The van der Waals surface area contributed by atoms with E-state index >= 15 is 0 Å². The third kappa shape index (κ3) is 22.4. The van der Waals surface area contributed by atoms with Crippen LogP contribution < -0.4 is 24.3 Å². The number of methoxy groups -OCH3 is 1. The Morgan fingerprint density at radius 1 is 0.450 bits per heavy atom. The van der Waals surface area contributed by atoms with Crippen molar-refractivity contribution in [2.45, 2.75) is 218 Å². The molecule has 39 heteroatoms. The quantitative estimate of drug-likeness (QED) is 0.0636. The van der Waals surface area contributed by atoms with Gasteiger partial charge in [-0.05, 0) is 240 Å². The van der Waals surface area contributed by atoms with Crippen LogP contribution in [0.3, 0.4) is 0 Å². The summed E-state index contributed by atoms with van der Waals surface area (Å²) in [6.45, 7) is 24.1. The van der Waals surface area contributed by atoms with E-state index < -0.39 is 83.2 Å². The van der Waals surface area contributed by atoms with Crippen LogP contribution in [0.5, 0.6) is 23.0 Å². The maximum atomic E-state index is 13.7. The van der Waals surface area contributed by atoms with Gasteiger partial charge in [0.25, 0.3) is 29.4 Å². The highest BCUT2D eigenvalue weighted by Gasteiger charge is 2.54. The number of piperidine rings is 4. The predicted octanol–water partition coefficient (Wildman–Crippen LogP) is 18.4. The van der Waals surface area contributed by atoms with E-state index in [1.54, 1.807) is 95.4 Å². The highest BCUT2D eigenvalue weighted by Crippen LogP contribution is 2.50. The van der Waals surface area contributed by atoms with Crippen molar-refractivity contribution in [3.63, 3.8) is 0 Å². The fourth-order valence-corrected chi connectivity index (χ4v) is 20.9. The van der Waals surface area contributed by atoms with Crippen LogP contribution in [0, 0.1) is 12.3 Å². The van der Waals surface area contributed by atoms with Gasteiger partial charge in [0.2, 0.25) is 0 Å². The number of aromatic nitrogens is 4. The molecule has 0 saturated carbocycles. The van der Waals surface area contributed by atoms with Crippen LogP contribution in [0.15, 0.2) is 127 Å². The van der Waals surface area contributed by atoms with Crippen molar-refractivity contribution in [1.29, 1.82) is 0 Å². The first kappa shape index (κ1) is 106. The molecule has 1 atom stereocenters. The van der Waals surface area contributed by atoms with Gasteiger partial charge in [-0.25, -0.2) is 4.79 Å². The van der Waals surface area contributed by atoms with Crippen LogP contribution in [0.1, 0.15) is 230 Å². The van der Waals surface area contributed by atoms with Gasteiger partial charge in [-0.2, -0.15) is 52.7 Å². The number of nitrogens with one attached hydrogen (secondary N) is 1. The molecule has 4 spiro atoms. The Labute approximate surface area is 814 Å². The minimum atomic E-state index is -4.97. The Bertz CT molecular complexity index is 5810. The lowest BCUT2D eigenvalue weighted by molar-refractivity contribution is -0.189. The van der Waals surface area contributed by atoms with E-state index in [9.17, 15) is 91.4 Å². The molecule has 16 rings (SSSR count). The maximum absolute atomic E-state index is 13.7. The van der Waals surface area contributed by atoms with E-state index in [0.717, 1.165) is 55.1 Å². The molecule has 8 aromatic rings. The monoisotopic (exact) mass is 1990 g/mol. The minimum Gasteiger partial charge on any atom is -0.493 e. The number of halogens is 13. The molecule has 140 heavy (non-hydrogen) atoms. The van der Waals surface area contributed by atoms with Gasteiger partial charge >= 0.3 is 30.7 Å². The number of nitrogens with zero attached hydrogens (tertiary/aromatic N) is 12. The Morgan fingerprint density at radius 3 is 1.28 bits per heavy atom. The molecular formula is C101H128ClF12N13O13. The number of hydrogen-bond acceptors (Lipinski definition) is 16. The summed E-state index contributed by atoms with van der Waals surface area (Å²) in [6, 6.07) is 33.4. The number of alkyl halides is 12. The van der Waals surface area contributed by atoms with Crippen LogP contribution in [0.2, 0.25) is 5.02 Å². The number of benzene rings is 4. The zero-order valence-electron chi connectivity index (χ0n) is 81.4. The molecule has 6 amide bonds. The first-order valence-corrected chi connectivity index (χ1v) is 47.5. The van der Waals surface area contributed by atoms with E-state index in [1.165, 1.54) is 60.7 Å².